The number of hydrogen-bond donors (Lipinski definition) is 1. The van der Waals surface area contributed by atoms with Crippen molar-refractivity contribution in [1.82, 2.24) is 5.32 Å². The van der Waals surface area contributed by atoms with Crippen LogP contribution >= 0.6 is 0 Å². The summed E-state index contributed by atoms with van der Waals surface area (Å²) < 4.78 is 10.5. The first-order valence-electron chi connectivity index (χ1n) is 5.35. The normalized spacial score (nSPS) is 23.4. The van der Waals surface area contributed by atoms with Crippen LogP contribution in [0.15, 0.2) is 0 Å². The highest BCUT2D eigenvalue weighted by Crippen LogP contribution is 2.18. The van der Waals surface area contributed by atoms with Crippen LogP contribution in [0.1, 0.15) is 25.7 Å². The van der Waals surface area contributed by atoms with Gasteiger partial charge in [-0.1, -0.05) is 0 Å². The third kappa shape index (κ3) is 3.27. The van der Waals surface area contributed by atoms with Gasteiger partial charge in [0.25, 0.3) is 0 Å². The van der Waals surface area contributed by atoms with Gasteiger partial charge < -0.3 is 14.8 Å². The summed E-state index contributed by atoms with van der Waals surface area (Å²) in [5.74, 6) is -0.121. The van der Waals surface area contributed by atoms with Gasteiger partial charge in [-0.25, -0.2) is 0 Å². The number of carbonyl (C=O) groups excluding carboxylic acids is 1. The van der Waals surface area contributed by atoms with Gasteiger partial charge in [0.05, 0.1) is 19.8 Å². The second kappa shape index (κ2) is 4.75. The van der Waals surface area contributed by atoms with Gasteiger partial charge in [0.15, 0.2) is 0 Å². The number of hydrogen-bond acceptors (Lipinski definition) is 4. The number of rotatable bonds is 4. The average Bonchev–Trinajstić information content (AvgIpc) is 3.00. The van der Waals surface area contributed by atoms with Crippen molar-refractivity contribution in [1.29, 1.82) is 0 Å². The molecule has 14 heavy (non-hydrogen) atoms. The molecule has 1 saturated heterocycles. The molecule has 1 saturated carbocycles. The van der Waals surface area contributed by atoms with Crippen LogP contribution < -0.4 is 5.32 Å². The molecule has 1 aliphatic heterocycles. The van der Waals surface area contributed by atoms with Crippen LogP contribution in [0.5, 0.6) is 0 Å². The maximum Gasteiger partial charge on any atom is 0.320 e. The predicted molar refractivity (Wildman–Crippen MR) is 51.0 cm³/mol. The molecule has 4 nitrogen and oxygen atoms in total. The van der Waals surface area contributed by atoms with E-state index in [1.54, 1.807) is 0 Å². The van der Waals surface area contributed by atoms with E-state index < -0.39 is 0 Å². The predicted octanol–water partition coefficient (Wildman–Crippen LogP) is 0.461. The number of ether oxygens (including phenoxy) is 2. The standard InChI is InChI=1S/C10H17NO3/c12-10(7-11-8-1-2-8)14-9-3-5-13-6-4-9/h8-9,11H,1-7H2. The van der Waals surface area contributed by atoms with Crippen molar-refractivity contribution in [2.24, 2.45) is 0 Å². The Labute approximate surface area is 84.0 Å². The van der Waals surface area contributed by atoms with E-state index in [0.29, 0.717) is 25.8 Å². The summed E-state index contributed by atoms with van der Waals surface area (Å²) in [5.41, 5.74) is 0. The van der Waals surface area contributed by atoms with E-state index in [-0.39, 0.29) is 12.1 Å². The van der Waals surface area contributed by atoms with Crippen LogP contribution in [0.25, 0.3) is 0 Å². The van der Waals surface area contributed by atoms with Gasteiger partial charge in [0.1, 0.15) is 6.10 Å². The van der Waals surface area contributed by atoms with Gasteiger partial charge in [-0.2, -0.15) is 0 Å². The van der Waals surface area contributed by atoms with E-state index in [4.69, 9.17) is 9.47 Å². The zero-order chi connectivity index (χ0) is 9.80. The molecule has 80 valence electrons. The van der Waals surface area contributed by atoms with Crippen molar-refractivity contribution in [2.75, 3.05) is 19.8 Å². The van der Waals surface area contributed by atoms with E-state index in [2.05, 4.69) is 5.32 Å². The van der Waals surface area contributed by atoms with Crippen molar-refractivity contribution in [3.8, 4) is 0 Å². The molecule has 4 heteroatoms. The van der Waals surface area contributed by atoms with E-state index in [9.17, 15) is 4.79 Å². The first-order valence-corrected chi connectivity index (χ1v) is 5.35. The molecule has 0 atom stereocenters. The average molecular weight is 199 g/mol. The molecular formula is C10H17NO3. The van der Waals surface area contributed by atoms with Crippen LogP contribution in [0, 0.1) is 0 Å². The molecule has 0 unspecified atom stereocenters. The smallest absolute Gasteiger partial charge is 0.320 e. The topological polar surface area (TPSA) is 47.6 Å². The molecule has 0 radical (unpaired) electrons. The molecule has 0 aromatic rings. The van der Waals surface area contributed by atoms with E-state index in [1.165, 1.54) is 12.8 Å². The molecule has 1 heterocycles. The van der Waals surface area contributed by atoms with Crippen molar-refractivity contribution in [3.63, 3.8) is 0 Å². The zero-order valence-corrected chi connectivity index (χ0v) is 8.33. The van der Waals surface area contributed by atoms with E-state index in [1.807, 2.05) is 0 Å². The molecule has 2 fully saturated rings. The Kier molecular flexibility index (Phi) is 3.37. The lowest BCUT2D eigenvalue weighted by atomic mass is 10.1. The third-order valence-corrected chi connectivity index (χ3v) is 2.58. The Balaban J connectivity index is 1.59. The largest absolute Gasteiger partial charge is 0.461 e. The van der Waals surface area contributed by atoms with E-state index in [0.717, 1.165) is 12.8 Å². The van der Waals surface area contributed by atoms with Crippen LogP contribution in [0.2, 0.25) is 0 Å². The molecule has 0 amide bonds. The van der Waals surface area contributed by atoms with E-state index >= 15 is 0 Å². The first kappa shape index (κ1) is 9.93. The Morgan fingerprint density at radius 2 is 2.00 bits per heavy atom. The molecule has 0 aromatic heterocycles. The summed E-state index contributed by atoms with van der Waals surface area (Å²) >= 11 is 0. The second-order valence-electron chi connectivity index (χ2n) is 3.96. The summed E-state index contributed by atoms with van der Waals surface area (Å²) in [6, 6.07) is 0.567. The van der Waals surface area contributed by atoms with Gasteiger partial charge >= 0.3 is 5.97 Å². The quantitative estimate of drug-likeness (QED) is 0.668. The molecule has 1 N–H and O–H groups in total. The highest BCUT2D eigenvalue weighted by atomic mass is 16.6. The SMILES string of the molecule is O=C(CNC1CC1)OC1CCOCC1. The third-order valence-electron chi connectivity index (χ3n) is 2.58. The van der Waals surface area contributed by atoms with Gasteiger partial charge in [0.2, 0.25) is 0 Å². The van der Waals surface area contributed by atoms with Crippen molar-refractivity contribution < 1.29 is 14.3 Å². The molecule has 1 aliphatic carbocycles. The Morgan fingerprint density at radius 3 is 2.64 bits per heavy atom. The summed E-state index contributed by atoms with van der Waals surface area (Å²) in [7, 11) is 0. The number of nitrogens with one attached hydrogen (secondary N) is 1. The number of carbonyl (C=O) groups is 1. The summed E-state index contributed by atoms with van der Waals surface area (Å²) in [6.07, 6.45) is 4.16. The van der Waals surface area contributed by atoms with Crippen LogP contribution in [-0.4, -0.2) is 37.9 Å². The highest BCUT2D eigenvalue weighted by molar-refractivity contribution is 5.71. The Bertz CT molecular complexity index is 198. The zero-order valence-electron chi connectivity index (χ0n) is 8.33. The van der Waals surface area contributed by atoms with Crippen molar-refractivity contribution >= 4 is 5.97 Å². The minimum Gasteiger partial charge on any atom is -0.461 e. The number of esters is 1. The fourth-order valence-corrected chi connectivity index (χ4v) is 1.54. The Morgan fingerprint density at radius 1 is 1.29 bits per heavy atom. The Hall–Kier alpha value is -0.610. The summed E-state index contributed by atoms with van der Waals surface area (Å²) in [4.78, 5) is 11.3. The molecule has 0 spiro atoms. The fraction of sp³-hybridized carbons (Fsp3) is 0.900. The maximum absolute atomic E-state index is 11.3. The van der Waals surface area contributed by atoms with Crippen molar-refractivity contribution in [2.45, 2.75) is 37.8 Å². The van der Waals surface area contributed by atoms with Crippen LogP contribution in [-0.2, 0) is 14.3 Å². The maximum atomic E-state index is 11.3. The van der Waals surface area contributed by atoms with Crippen molar-refractivity contribution in [3.05, 3.63) is 0 Å². The van der Waals surface area contributed by atoms with Crippen LogP contribution in [0.3, 0.4) is 0 Å². The summed E-state index contributed by atoms with van der Waals surface area (Å²) in [5, 5.41) is 3.14. The van der Waals surface area contributed by atoms with Gasteiger partial charge in [-0.3, -0.25) is 4.79 Å². The highest BCUT2D eigenvalue weighted by Gasteiger charge is 2.23. The van der Waals surface area contributed by atoms with Crippen LogP contribution in [0.4, 0.5) is 0 Å². The molecule has 0 bridgehead atoms. The minimum absolute atomic E-state index is 0.0808. The summed E-state index contributed by atoms with van der Waals surface area (Å²) in [6.45, 7) is 1.80. The van der Waals surface area contributed by atoms with Gasteiger partial charge in [-0.05, 0) is 12.8 Å². The van der Waals surface area contributed by atoms with Gasteiger partial charge in [-0.15, -0.1) is 0 Å². The monoisotopic (exact) mass is 199 g/mol. The molecule has 2 rings (SSSR count). The molecular weight excluding hydrogens is 182 g/mol. The fourth-order valence-electron chi connectivity index (χ4n) is 1.54. The second-order valence-corrected chi connectivity index (χ2v) is 3.96. The lowest BCUT2D eigenvalue weighted by Gasteiger charge is -2.22. The first-order chi connectivity index (χ1) is 6.84. The lowest BCUT2D eigenvalue weighted by Crippen LogP contribution is -2.32. The molecule has 0 aromatic carbocycles. The van der Waals surface area contributed by atoms with Gasteiger partial charge in [0, 0.05) is 18.9 Å². The minimum atomic E-state index is -0.121. The lowest BCUT2D eigenvalue weighted by molar-refractivity contribution is -0.152. The molecule has 2 aliphatic rings.